The van der Waals surface area contributed by atoms with Gasteiger partial charge >= 0.3 is 0 Å². The first-order valence-electron chi connectivity index (χ1n) is 10.4. The van der Waals surface area contributed by atoms with Crippen molar-refractivity contribution < 1.29 is 4.79 Å². The number of hydrogen-bond donors (Lipinski definition) is 3. The monoisotopic (exact) mass is 513 g/mol. The zero-order valence-electron chi connectivity index (χ0n) is 18.1. The van der Waals surface area contributed by atoms with Crippen LogP contribution in [0, 0.1) is 5.41 Å². The zero-order valence-corrected chi connectivity index (χ0v) is 20.4. The van der Waals surface area contributed by atoms with E-state index >= 15 is 0 Å². The van der Waals surface area contributed by atoms with Crippen molar-refractivity contribution in [3.05, 3.63) is 35.9 Å². The second-order valence-electron chi connectivity index (χ2n) is 8.74. The number of halogens is 1. The quantitative estimate of drug-likeness (QED) is 0.311. The van der Waals surface area contributed by atoms with Crippen LogP contribution in [0.3, 0.4) is 0 Å². The van der Waals surface area contributed by atoms with E-state index < -0.39 is 5.41 Å². The average molecular weight is 513 g/mol. The predicted molar refractivity (Wildman–Crippen MR) is 130 cm³/mol. The van der Waals surface area contributed by atoms with E-state index in [1.54, 1.807) is 14.1 Å². The van der Waals surface area contributed by atoms with Crippen LogP contribution in [0.4, 0.5) is 0 Å². The van der Waals surface area contributed by atoms with Gasteiger partial charge in [-0.15, -0.1) is 24.0 Å². The molecule has 0 spiro atoms. The maximum atomic E-state index is 12.0. The zero-order chi connectivity index (χ0) is 20.1. The van der Waals surface area contributed by atoms with Gasteiger partial charge in [0.1, 0.15) is 0 Å². The van der Waals surface area contributed by atoms with Crippen LogP contribution in [0.1, 0.15) is 45.1 Å². The molecule has 1 aromatic carbocycles. The van der Waals surface area contributed by atoms with Crippen molar-refractivity contribution in [3.63, 3.8) is 0 Å². The van der Waals surface area contributed by atoms with Crippen molar-refractivity contribution in [1.82, 2.24) is 20.9 Å². The lowest BCUT2D eigenvalue weighted by atomic mass is 9.92. The van der Waals surface area contributed by atoms with Gasteiger partial charge in [0.25, 0.3) is 0 Å². The summed E-state index contributed by atoms with van der Waals surface area (Å²) in [6, 6.07) is 12.5. The van der Waals surface area contributed by atoms with Crippen LogP contribution < -0.4 is 16.0 Å². The van der Waals surface area contributed by atoms with Gasteiger partial charge in [-0.3, -0.25) is 14.7 Å². The van der Waals surface area contributed by atoms with E-state index in [4.69, 9.17) is 0 Å². The molecule has 1 aromatic rings. The minimum Gasteiger partial charge on any atom is -0.359 e. The molecule has 162 valence electrons. The number of aliphatic imine (C=N–C) groups is 1. The molecule has 2 fully saturated rings. The van der Waals surface area contributed by atoms with Gasteiger partial charge in [-0.25, -0.2) is 0 Å². The maximum Gasteiger partial charge on any atom is 0.227 e. The number of carbonyl (C=O) groups is 1. The van der Waals surface area contributed by atoms with Crippen molar-refractivity contribution in [2.75, 3.05) is 20.6 Å². The number of benzene rings is 1. The van der Waals surface area contributed by atoms with E-state index in [1.165, 1.54) is 18.4 Å². The van der Waals surface area contributed by atoms with Gasteiger partial charge < -0.3 is 16.0 Å². The summed E-state index contributed by atoms with van der Waals surface area (Å²) in [5.41, 5.74) is 0.921. The minimum atomic E-state index is -0.482. The molecule has 2 aliphatic heterocycles. The molecule has 0 aromatic heterocycles. The summed E-state index contributed by atoms with van der Waals surface area (Å²) >= 11 is 0. The summed E-state index contributed by atoms with van der Waals surface area (Å²) < 4.78 is 0. The molecule has 2 atom stereocenters. The first kappa shape index (κ1) is 23.9. The third kappa shape index (κ3) is 6.07. The number of rotatable bonds is 6. The van der Waals surface area contributed by atoms with Crippen molar-refractivity contribution in [1.29, 1.82) is 0 Å². The van der Waals surface area contributed by atoms with Gasteiger partial charge in [0.2, 0.25) is 5.91 Å². The van der Waals surface area contributed by atoms with Gasteiger partial charge in [0, 0.05) is 45.3 Å². The highest BCUT2D eigenvalue weighted by Crippen LogP contribution is 2.36. The summed E-state index contributed by atoms with van der Waals surface area (Å²) in [6.45, 7) is 5.48. The van der Waals surface area contributed by atoms with Crippen LogP contribution in [-0.2, 0) is 11.3 Å². The first-order chi connectivity index (χ1) is 13.4. The number of fused-ring (bicyclic) bond motifs is 2. The normalized spacial score (nSPS) is 24.6. The molecular formula is C22H36IN5O. The molecular weight excluding hydrogens is 477 g/mol. The number of hydrogen-bond acceptors (Lipinski definition) is 3. The standard InChI is InChI=1S/C22H35N5O.HI/c1-22(2,20(28)23-3)15-25-21(24-4)26-17-12-18-10-11-19(13-17)27(18)14-16-8-6-5-7-9-16;/h5-9,17-19H,10-15H2,1-4H3,(H,23,28)(H2,24,25,26);1H. The Morgan fingerprint density at radius 1 is 1.17 bits per heavy atom. The minimum absolute atomic E-state index is 0. The summed E-state index contributed by atoms with van der Waals surface area (Å²) in [6.07, 6.45) is 4.85. The summed E-state index contributed by atoms with van der Waals surface area (Å²) in [5.74, 6) is 0.820. The maximum absolute atomic E-state index is 12.0. The molecule has 2 bridgehead atoms. The molecule has 7 heteroatoms. The fourth-order valence-electron chi connectivity index (χ4n) is 4.56. The van der Waals surface area contributed by atoms with E-state index in [9.17, 15) is 4.79 Å². The average Bonchev–Trinajstić information content (AvgIpc) is 2.93. The van der Waals surface area contributed by atoms with Gasteiger partial charge in [0.15, 0.2) is 5.96 Å². The van der Waals surface area contributed by atoms with E-state index in [2.05, 4.69) is 56.2 Å². The van der Waals surface area contributed by atoms with E-state index in [0.717, 1.165) is 25.3 Å². The fourth-order valence-corrected chi connectivity index (χ4v) is 4.56. The highest BCUT2D eigenvalue weighted by Gasteiger charge is 2.40. The lowest BCUT2D eigenvalue weighted by Gasteiger charge is -2.39. The topological polar surface area (TPSA) is 68.8 Å². The Hall–Kier alpha value is -1.35. The van der Waals surface area contributed by atoms with Gasteiger partial charge in [0.05, 0.1) is 5.41 Å². The highest BCUT2D eigenvalue weighted by atomic mass is 127. The van der Waals surface area contributed by atoms with E-state index in [1.807, 2.05) is 13.8 Å². The Balaban J connectivity index is 0.00000300. The Morgan fingerprint density at radius 3 is 2.34 bits per heavy atom. The molecule has 6 nitrogen and oxygen atoms in total. The number of carbonyl (C=O) groups excluding carboxylic acids is 1. The highest BCUT2D eigenvalue weighted by molar-refractivity contribution is 14.0. The number of amides is 1. The Morgan fingerprint density at radius 2 is 1.79 bits per heavy atom. The first-order valence-corrected chi connectivity index (χ1v) is 10.4. The number of piperidine rings is 1. The molecule has 2 saturated heterocycles. The number of guanidine groups is 1. The number of nitrogens with one attached hydrogen (secondary N) is 3. The second kappa shape index (κ2) is 10.6. The second-order valence-corrected chi connectivity index (χ2v) is 8.74. The van der Waals surface area contributed by atoms with Crippen molar-refractivity contribution >= 4 is 35.8 Å². The molecule has 3 N–H and O–H groups in total. The molecule has 2 aliphatic rings. The van der Waals surface area contributed by atoms with Crippen molar-refractivity contribution in [2.24, 2.45) is 10.4 Å². The summed E-state index contributed by atoms with van der Waals surface area (Å²) in [4.78, 5) is 19.1. The van der Waals surface area contributed by atoms with Crippen LogP contribution in [0.25, 0.3) is 0 Å². The molecule has 2 heterocycles. The number of nitrogens with zero attached hydrogens (tertiary/aromatic N) is 2. The molecule has 2 unspecified atom stereocenters. The fraction of sp³-hybridized carbons (Fsp3) is 0.636. The Kier molecular flexibility index (Phi) is 8.75. The van der Waals surface area contributed by atoms with Gasteiger partial charge in [-0.1, -0.05) is 30.3 Å². The smallest absolute Gasteiger partial charge is 0.227 e. The lowest BCUT2D eigenvalue weighted by molar-refractivity contribution is -0.128. The van der Waals surface area contributed by atoms with Crippen LogP contribution in [0.5, 0.6) is 0 Å². The Labute approximate surface area is 192 Å². The van der Waals surface area contributed by atoms with Gasteiger partial charge in [-0.05, 0) is 45.1 Å². The molecule has 1 amide bonds. The molecule has 29 heavy (non-hydrogen) atoms. The van der Waals surface area contributed by atoms with Crippen LogP contribution in [-0.4, -0.2) is 55.5 Å². The van der Waals surface area contributed by atoms with E-state index in [0.29, 0.717) is 24.7 Å². The lowest BCUT2D eigenvalue weighted by Crippen LogP contribution is -2.54. The predicted octanol–water partition coefficient (Wildman–Crippen LogP) is 2.74. The molecule has 0 radical (unpaired) electrons. The largest absolute Gasteiger partial charge is 0.359 e. The molecule has 0 saturated carbocycles. The van der Waals surface area contributed by atoms with Gasteiger partial charge in [-0.2, -0.15) is 0 Å². The van der Waals surface area contributed by atoms with E-state index in [-0.39, 0.29) is 29.9 Å². The van der Waals surface area contributed by atoms with Crippen molar-refractivity contribution in [3.8, 4) is 0 Å². The van der Waals surface area contributed by atoms with Crippen LogP contribution >= 0.6 is 24.0 Å². The SMILES string of the molecule is CN=C(NCC(C)(C)C(=O)NC)NC1CC2CCC(C1)N2Cc1ccccc1.I. The third-order valence-electron chi connectivity index (χ3n) is 6.20. The summed E-state index contributed by atoms with van der Waals surface area (Å²) in [5, 5.41) is 9.67. The third-order valence-corrected chi connectivity index (χ3v) is 6.20. The van der Waals surface area contributed by atoms with Crippen LogP contribution in [0.2, 0.25) is 0 Å². The van der Waals surface area contributed by atoms with Crippen molar-refractivity contribution in [2.45, 2.75) is 64.2 Å². The molecule has 3 rings (SSSR count). The Bertz CT molecular complexity index is 680. The molecule has 0 aliphatic carbocycles. The van der Waals surface area contributed by atoms with Crippen LogP contribution in [0.15, 0.2) is 35.3 Å². The summed E-state index contributed by atoms with van der Waals surface area (Å²) in [7, 11) is 3.47.